The van der Waals surface area contributed by atoms with Gasteiger partial charge in [0, 0.05) is 7.11 Å². The normalized spacial score (nSPS) is 10.8. The number of ether oxygens (including phenoxy) is 3. The molecule has 2 heterocycles. The number of furan rings is 1. The fourth-order valence-electron chi connectivity index (χ4n) is 2.22. The zero-order chi connectivity index (χ0) is 17.6. The number of oxazole rings is 1. The van der Waals surface area contributed by atoms with Gasteiger partial charge in [-0.1, -0.05) is 6.07 Å². The van der Waals surface area contributed by atoms with Crippen molar-refractivity contribution >= 4 is 0 Å². The van der Waals surface area contributed by atoms with Gasteiger partial charge in [-0.2, -0.15) is 0 Å². The summed E-state index contributed by atoms with van der Waals surface area (Å²) >= 11 is 0. The lowest BCUT2D eigenvalue weighted by molar-refractivity contribution is 0.0482. The van der Waals surface area contributed by atoms with Gasteiger partial charge < -0.3 is 28.2 Å². The van der Waals surface area contributed by atoms with Crippen molar-refractivity contribution in [1.82, 2.24) is 4.98 Å². The third-order valence-corrected chi connectivity index (χ3v) is 3.51. The smallest absolute Gasteiger partial charge is 0.263 e. The van der Waals surface area contributed by atoms with Gasteiger partial charge in [0.05, 0.1) is 12.9 Å². The van der Waals surface area contributed by atoms with Crippen LogP contribution in [0.2, 0.25) is 0 Å². The van der Waals surface area contributed by atoms with Crippen LogP contribution in [0.3, 0.4) is 0 Å². The van der Waals surface area contributed by atoms with Crippen LogP contribution in [0.1, 0.15) is 17.0 Å². The molecule has 3 aromatic rings. The fourth-order valence-corrected chi connectivity index (χ4v) is 2.22. The summed E-state index contributed by atoms with van der Waals surface area (Å²) in [4.78, 5) is 4.40. The molecular formula is C18H19NO6. The van der Waals surface area contributed by atoms with Gasteiger partial charge in [-0.15, -0.1) is 0 Å². The standard InChI is InChI=1S/C18H19NO6/c1-12-14(19-18(25-12)16-4-3-7-22-16)10-23-15-6-5-13(9-20)8-17(15)24-11-21-2/h3-8,20H,9-11H2,1-2H3. The number of aromatic nitrogens is 1. The Labute approximate surface area is 144 Å². The largest absolute Gasteiger partial charge is 0.483 e. The number of hydrogen-bond acceptors (Lipinski definition) is 7. The molecule has 0 unspecified atom stereocenters. The van der Waals surface area contributed by atoms with E-state index in [4.69, 9.17) is 23.0 Å². The molecule has 0 saturated heterocycles. The van der Waals surface area contributed by atoms with Crippen LogP contribution in [-0.4, -0.2) is 24.0 Å². The van der Waals surface area contributed by atoms with E-state index in [1.165, 1.54) is 7.11 Å². The highest BCUT2D eigenvalue weighted by Crippen LogP contribution is 2.30. The Morgan fingerprint density at radius 1 is 1.16 bits per heavy atom. The lowest BCUT2D eigenvalue weighted by Crippen LogP contribution is -2.04. The zero-order valence-electron chi connectivity index (χ0n) is 14.0. The summed E-state index contributed by atoms with van der Waals surface area (Å²) in [5, 5.41) is 9.26. The van der Waals surface area contributed by atoms with E-state index in [2.05, 4.69) is 4.98 Å². The van der Waals surface area contributed by atoms with Crippen LogP contribution >= 0.6 is 0 Å². The van der Waals surface area contributed by atoms with E-state index in [9.17, 15) is 5.11 Å². The van der Waals surface area contributed by atoms with Crippen LogP contribution in [-0.2, 0) is 18.0 Å². The molecule has 0 atom stereocenters. The lowest BCUT2D eigenvalue weighted by atomic mass is 10.2. The number of benzene rings is 1. The third kappa shape index (κ3) is 4.01. The average molecular weight is 345 g/mol. The highest BCUT2D eigenvalue weighted by molar-refractivity contribution is 5.45. The summed E-state index contributed by atoms with van der Waals surface area (Å²) < 4.78 is 27.1. The van der Waals surface area contributed by atoms with Crippen molar-refractivity contribution in [2.24, 2.45) is 0 Å². The first kappa shape index (κ1) is 17.1. The second kappa shape index (κ2) is 7.87. The number of methoxy groups -OCH3 is 1. The van der Waals surface area contributed by atoms with Gasteiger partial charge in [0.2, 0.25) is 0 Å². The molecule has 25 heavy (non-hydrogen) atoms. The number of rotatable bonds is 8. The number of aliphatic hydroxyl groups excluding tert-OH is 1. The predicted octanol–water partition coefficient (Wildman–Crippen LogP) is 3.30. The number of aliphatic hydroxyl groups is 1. The van der Waals surface area contributed by atoms with E-state index in [1.807, 2.05) is 6.92 Å². The van der Waals surface area contributed by atoms with Gasteiger partial charge in [0.1, 0.15) is 18.1 Å². The van der Waals surface area contributed by atoms with Crippen LogP contribution < -0.4 is 9.47 Å². The van der Waals surface area contributed by atoms with Crippen LogP contribution in [0, 0.1) is 6.92 Å². The molecule has 0 bridgehead atoms. The maximum absolute atomic E-state index is 9.26. The van der Waals surface area contributed by atoms with E-state index in [0.717, 1.165) is 5.56 Å². The van der Waals surface area contributed by atoms with Gasteiger partial charge in [-0.25, -0.2) is 4.98 Å². The molecule has 7 nitrogen and oxygen atoms in total. The average Bonchev–Trinajstić information content (AvgIpc) is 3.28. The molecule has 0 spiro atoms. The van der Waals surface area contributed by atoms with Crippen LogP contribution in [0.4, 0.5) is 0 Å². The molecule has 132 valence electrons. The Morgan fingerprint density at radius 2 is 2.04 bits per heavy atom. The highest BCUT2D eigenvalue weighted by atomic mass is 16.7. The van der Waals surface area contributed by atoms with Gasteiger partial charge in [-0.3, -0.25) is 0 Å². The molecule has 0 aliphatic rings. The van der Waals surface area contributed by atoms with Crippen molar-refractivity contribution in [1.29, 1.82) is 0 Å². The minimum Gasteiger partial charge on any atom is -0.483 e. The van der Waals surface area contributed by atoms with E-state index < -0.39 is 0 Å². The molecule has 1 aromatic carbocycles. The van der Waals surface area contributed by atoms with Crippen LogP contribution in [0.5, 0.6) is 11.5 Å². The van der Waals surface area contributed by atoms with E-state index in [0.29, 0.717) is 34.6 Å². The molecule has 0 aliphatic carbocycles. The minimum atomic E-state index is -0.0848. The first-order valence-electron chi connectivity index (χ1n) is 7.69. The Hall–Kier alpha value is -2.77. The molecule has 0 radical (unpaired) electrons. The quantitative estimate of drug-likeness (QED) is 0.627. The molecule has 0 aliphatic heterocycles. The van der Waals surface area contributed by atoms with Crippen LogP contribution in [0.25, 0.3) is 11.7 Å². The monoisotopic (exact) mass is 345 g/mol. The first-order chi connectivity index (χ1) is 12.2. The minimum absolute atomic E-state index is 0.0802. The Kier molecular flexibility index (Phi) is 5.37. The fraction of sp³-hybridized carbons (Fsp3) is 0.278. The van der Waals surface area contributed by atoms with Crippen molar-refractivity contribution in [2.75, 3.05) is 13.9 Å². The molecule has 0 saturated carbocycles. The molecule has 0 fully saturated rings. The first-order valence-corrected chi connectivity index (χ1v) is 7.69. The Morgan fingerprint density at radius 3 is 2.76 bits per heavy atom. The lowest BCUT2D eigenvalue weighted by Gasteiger charge is -2.12. The molecule has 7 heteroatoms. The van der Waals surface area contributed by atoms with E-state index in [-0.39, 0.29) is 20.0 Å². The van der Waals surface area contributed by atoms with E-state index >= 15 is 0 Å². The van der Waals surface area contributed by atoms with Crippen LogP contribution in [0.15, 0.2) is 45.4 Å². The molecule has 3 rings (SSSR count). The molecule has 0 amide bonds. The second-order valence-corrected chi connectivity index (χ2v) is 5.28. The van der Waals surface area contributed by atoms with Gasteiger partial charge in [0.25, 0.3) is 5.89 Å². The predicted molar refractivity (Wildman–Crippen MR) is 88.1 cm³/mol. The Bertz CT molecular complexity index is 809. The molecule has 1 N–H and O–H groups in total. The number of nitrogens with zero attached hydrogens (tertiary/aromatic N) is 1. The van der Waals surface area contributed by atoms with Crippen molar-refractivity contribution in [2.45, 2.75) is 20.1 Å². The zero-order valence-corrected chi connectivity index (χ0v) is 14.0. The topological polar surface area (TPSA) is 87.1 Å². The molecular weight excluding hydrogens is 326 g/mol. The number of hydrogen-bond donors (Lipinski definition) is 1. The van der Waals surface area contributed by atoms with Crippen molar-refractivity contribution < 1.29 is 28.2 Å². The maximum Gasteiger partial charge on any atom is 0.263 e. The third-order valence-electron chi connectivity index (χ3n) is 3.51. The maximum atomic E-state index is 9.26. The molecule has 2 aromatic heterocycles. The van der Waals surface area contributed by atoms with Gasteiger partial charge in [0.15, 0.2) is 24.1 Å². The van der Waals surface area contributed by atoms with Gasteiger partial charge >= 0.3 is 0 Å². The SMILES string of the molecule is COCOc1cc(CO)ccc1OCc1nc(-c2ccco2)oc1C. The summed E-state index contributed by atoms with van der Waals surface area (Å²) in [6, 6.07) is 8.75. The number of aryl methyl sites for hydroxylation is 1. The van der Waals surface area contributed by atoms with E-state index in [1.54, 1.807) is 36.6 Å². The summed E-state index contributed by atoms with van der Waals surface area (Å²) in [5.41, 5.74) is 1.38. The Balaban J connectivity index is 1.75. The summed E-state index contributed by atoms with van der Waals surface area (Å²) in [5.74, 6) is 2.63. The van der Waals surface area contributed by atoms with Crippen molar-refractivity contribution in [3.8, 4) is 23.1 Å². The van der Waals surface area contributed by atoms with Crippen molar-refractivity contribution in [3.05, 3.63) is 53.6 Å². The highest BCUT2D eigenvalue weighted by Gasteiger charge is 2.15. The second-order valence-electron chi connectivity index (χ2n) is 5.28. The summed E-state index contributed by atoms with van der Waals surface area (Å²) in [7, 11) is 1.53. The van der Waals surface area contributed by atoms with Gasteiger partial charge in [-0.05, 0) is 36.8 Å². The summed E-state index contributed by atoms with van der Waals surface area (Å²) in [6.45, 7) is 2.02. The summed E-state index contributed by atoms with van der Waals surface area (Å²) in [6.07, 6.45) is 1.56. The van der Waals surface area contributed by atoms with Crippen molar-refractivity contribution in [3.63, 3.8) is 0 Å².